The number of nitro groups is 1. The van der Waals surface area contributed by atoms with E-state index in [1.165, 1.54) is 4.68 Å². The minimum Gasteiger partial charge on any atom is -0.348 e. The van der Waals surface area contributed by atoms with Gasteiger partial charge in [-0.3, -0.25) is 19.6 Å². The lowest BCUT2D eigenvalue weighted by Gasteiger charge is -2.18. The van der Waals surface area contributed by atoms with Gasteiger partial charge in [0.05, 0.1) is 11.0 Å². The number of nitrogens with one attached hydrogen (secondary N) is 1. The summed E-state index contributed by atoms with van der Waals surface area (Å²) in [5.41, 5.74) is 1.72. The average Bonchev–Trinajstić information content (AvgIpc) is 2.81. The van der Waals surface area contributed by atoms with Crippen LogP contribution in [-0.4, -0.2) is 20.6 Å². The fourth-order valence-electron chi connectivity index (χ4n) is 2.78. The summed E-state index contributed by atoms with van der Waals surface area (Å²) in [6.07, 6.45) is 1.76. The van der Waals surface area contributed by atoms with Crippen molar-refractivity contribution in [3.05, 3.63) is 57.4 Å². The second-order valence-corrected chi connectivity index (χ2v) is 5.75. The lowest BCUT2D eigenvalue weighted by atomic mass is 10.0. The lowest BCUT2D eigenvalue weighted by molar-refractivity contribution is -0.386. The van der Waals surface area contributed by atoms with Crippen molar-refractivity contribution in [3.8, 4) is 0 Å². The van der Waals surface area contributed by atoms with Gasteiger partial charge in [-0.25, -0.2) is 0 Å². The van der Waals surface area contributed by atoms with E-state index < -0.39 is 4.92 Å². The van der Waals surface area contributed by atoms with Crippen molar-refractivity contribution in [1.29, 1.82) is 0 Å². The molecule has 2 aromatic rings. The van der Waals surface area contributed by atoms with Gasteiger partial charge in [0.15, 0.2) is 0 Å². The molecule has 1 amide bonds. The Labute approximate surface area is 140 Å². The minimum absolute atomic E-state index is 0.0315. The highest BCUT2D eigenvalue weighted by molar-refractivity contribution is 5.76. The zero-order valence-electron chi connectivity index (χ0n) is 14.2. The predicted molar refractivity (Wildman–Crippen MR) is 90.6 cm³/mol. The van der Waals surface area contributed by atoms with Gasteiger partial charge in [0.2, 0.25) is 5.91 Å². The summed E-state index contributed by atoms with van der Waals surface area (Å²) < 4.78 is 1.39. The summed E-state index contributed by atoms with van der Waals surface area (Å²) >= 11 is 0. The molecule has 0 fully saturated rings. The van der Waals surface area contributed by atoms with Crippen molar-refractivity contribution in [2.75, 3.05) is 0 Å². The summed E-state index contributed by atoms with van der Waals surface area (Å²) in [6.45, 7) is 5.20. The molecule has 7 nitrogen and oxygen atoms in total. The first-order chi connectivity index (χ1) is 11.4. The van der Waals surface area contributed by atoms with Crippen LogP contribution in [0.4, 0.5) is 5.69 Å². The Morgan fingerprint density at radius 1 is 1.33 bits per heavy atom. The molecule has 128 valence electrons. The van der Waals surface area contributed by atoms with E-state index in [1.54, 1.807) is 13.8 Å². The van der Waals surface area contributed by atoms with E-state index in [0.29, 0.717) is 11.4 Å². The van der Waals surface area contributed by atoms with Crippen LogP contribution in [0.1, 0.15) is 42.8 Å². The molecule has 1 heterocycles. The molecule has 0 aliphatic heterocycles. The molecule has 2 rings (SSSR count). The molecule has 1 aromatic heterocycles. The van der Waals surface area contributed by atoms with E-state index in [4.69, 9.17) is 0 Å². The Bertz CT molecular complexity index is 725. The number of carbonyl (C=O) groups is 1. The van der Waals surface area contributed by atoms with Crippen LogP contribution in [0.15, 0.2) is 30.3 Å². The van der Waals surface area contributed by atoms with Crippen LogP contribution in [0.25, 0.3) is 0 Å². The maximum Gasteiger partial charge on any atom is 0.312 e. The van der Waals surface area contributed by atoms with Gasteiger partial charge in [-0.1, -0.05) is 43.7 Å². The van der Waals surface area contributed by atoms with Gasteiger partial charge in [-0.15, -0.1) is 0 Å². The van der Waals surface area contributed by atoms with Crippen LogP contribution in [-0.2, 0) is 11.3 Å². The fourth-order valence-corrected chi connectivity index (χ4v) is 2.78. The van der Waals surface area contributed by atoms with Crippen molar-refractivity contribution >= 4 is 11.6 Å². The number of aromatic nitrogens is 2. The molecule has 1 N–H and O–H groups in total. The van der Waals surface area contributed by atoms with Gasteiger partial charge in [0.25, 0.3) is 0 Å². The highest BCUT2D eigenvalue weighted by Crippen LogP contribution is 2.22. The lowest BCUT2D eigenvalue weighted by Crippen LogP contribution is -2.32. The summed E-state index contributed by atoms with van der Waals surface area (Å²) in [7, 11) is 0. The van der Waals surface area contributed by atoms with E-state index in [1.807, 2.05) is 30.3 Å². The summed E-state index contributed by atoms with van der Waals surface area (Å²) in [6, 6.07) is 9.70. The number of benzene rings is 1. The largest absolute Gasteiger partial charge is 0.348 e. The second-order valence-electron chi connectivity index (χ2n) is 5.75. The van der Waals surface area contributed by atoms with Gasteiger partial charge in [-0.05, 0) is 25.8 Å². The Hall–Kier alpha value is -2.70. The number of rotatable bonds is 7. The number of carbonyl (C=O) groups excluding carboxylic acids is 1. The molecule has 0 saturated carbocycles. The number of hydrogen-bond acceptors (Lipinski definition) is 4. The van der Waals surface area contributed by atoms with Crippen molar-refractivity contribution in [2.45, 2.75) is 46.2 Å². The van der Waals surface area contributed by atoms with Gasteiger partial charge >= 0.3 is 5.69 Å². The number of amides is 1. The number of aryl methyl sites for hydroxylation is 1. The van der Waals surface area contributed by atoms with Crippen LogP contribution in [0.2, 0.25) is 0 Å². The SMILES string of the molecule is CCC[C@H](NC(=O)Cn1nc(C)c([N+](=O)[O-])c1C)c1ccccc1. The van der Waals surface area contributed by atoms with Crippen LogP contribution in [0, 0.1) is 24.0 Å². The third kappa shape index (κ3) is 3.98. The van der Waals surface area contributed by atoms with E-state index in [-0.39, 0.29) is 24.2 Å². The molecule has 0 unspecified atom stereocenters. The maximum atomic E-state index is 12.4. The molecule has 1 atom stereocenters. The molecular weight excluding hydrogens is 308 g/mol. The molecule has 0 radical (unpaired) electrons. The van der Waals surface area contributed by atoms with E-state index in [2.05, 4.69) is 17.3 Å². The third-order valence-electron chi connectivity index (χ3n) is 3.93. The van der Waals surface area contributed by atoms with Gasteiger partial charge in [0, 0.05) is 0 Å². The standard InChI is InChI=1S/C17H22N4O3/c1-4-8-15(14-9-6-5-7-10-14)18-16(22)11-20-13(3)17(21(23)24)12(2)19-20/h5-7,9-10,15H,4,8,11H2,1-3H3,(H,18,22)/t15-/m0/s1. The van der Waals surface area contributed by atoms with Crippen LogP contribution in [0.3, 0.4) is 0 Å². The van der Waals surface area contributed by atoms with Gasteiger partial charge in [0.1, 0.15) is 17.9 Å². The third-order valence-corrected chi connectivity index (χ3v) is 3.93. The monoisotopic (exact) mass is 330 g/mol. The van der Waals surface area contributed by atoms with Crippen molar-refractivity contribution < 1.29 is 9.72 Å². The minimum atomic E-state index is -0.462. The molecule has 24 heavy (non-hydrogen) atoms. The fraction of sp³-hybridized carbons (Fsp3) is 0.412. The summed E-state index contributed by atoms with van der Waals surface area (Å²) in [5, 5.41) is 18.2. The molecule has 7 heteroatoms. The molecule has 0 aliphatic rings. The first-order valence-corrected chi connectivity index (χ1v) is 7.96. The molecule has 0 saturated heterocycles. The van der Waals surface area contributed by atoms with Crippen molar-refractivity contribution in [1.82, 2.24) is 15.1 Å². The summed E-state index contributed by atoms with van der Waals surface area (Å²) in [4.78, 5) is 23.0. The smallest absolute Gasteiger partial charge is 0.312 e. The predicted octanol–water partition coefficient (Wildman–Crippen LogP) is 3.07. The average molecular weight is 330 g/mol. The molecule has 1 aromatic carbocycles. The highest BCUT2D eigenvalue weighted by atomic mass is 16.6. The second kappa shape index (κ2) is 7.72. The molecule has 0 bridgehead atoms. The number of hydrogen-bond donors (Lipinski definition) is 1. The quantitative estimate of drug-likeness (QED) is 0.624. The van der Waals surface area contributed by atoms with Crippen LogP contribution < -0.4 is 5.32 Å². The topological polar surface area (TPSA) is 90.1 Å². The van der Waals surface area contributed by atoms with Crippen molar-refractivity contribution in [2.24, 2.45) is 0 Å². The Morgan fingerprint density at radius 2 is 2.00 bits per heavy atom. The molecular formula is C17H22N4O3. The maximum absolute atomic E-state index is 12.4. The molecule has 0 spiro atoms. The first kappa shape index (κ1) is 17.7. The normalized spacial score (nSPS) is 12.0. The number of nitrogens with zero attached hydrogens (tertiary/aromatic N) is 3. The van der Waals surface area contributed by atoms with Crippen LogP contribution in [0.5, 0.6) is 0 Å². The first-order valence-electron chi connectivity index (χ1n) is 7.96. The van der Waals surface area contributed by atoms with E-state index in [0.717, 1.165) is 18.4 Å². The zero-order valence-corrected chi connectivity index (χ0v) is 14.2. The zero-order chi connectivity index (χ0) is 17.7. The Morgan fingerprint density at radius 3 is 2.54 bits per heavy atom. The molecule has 0 aliphatic carbocycles. The Balaban J connectivity index is 2.12. The van der Waals surface area contributed by atoms with Gasteiger partial charge < -0.3 is 5.32 Å². The van der Waals surface area contributed by atoms with E-state index in [9.17, 15) is 14.9 Å². The van der Waals surface area contributed by atoms with E-state index >= 15 is 0 Å². The Kier molecular flexibility index (Phi) is 5.68. The van der Waals surface area contributed by atoms with Crippen LogP contribution >= 0.6 is 0 Å². The summed E-state index contributed by atoms with van der Waals surface area (Å²) in [5.74, 6) is -0.210. The van der Waals surface area contributed by atoms with Crippen molar-refractivity contribution in [3.63, 3.8) is 0 Å². The highest BCUT2D eigenvalue weighted by Gasteiger charge is 2.23. The van der Waals surface area contributed by atoms with Gasteiger partial charge in [-0.2, -0.15) is 5.10 Å².